The maximum absolute atomic E-state index is 12.0. The predicted molar refractivity (Wildman–Crippen MR) is 75.7 cm³/mol. The molecule has 0 aliphatic carbocycles. The molecule has 2 rings (SSSR count). The maximum atomic E-state index is 12.0. The molecule has 0 amide bonds. The van der Waals surface area contributed by atoms with Gasteiger partial charge in [-0.05, 0) is 19.1 Å². The molecule has 0 aliphatic heterocycles. The van der Waals surface area contributed by atoms with Crippen LogP contribution in [0.25, 0.3) is 11.3 Å². The lowest BCUT2D eigenvalue weighted by Crippen LogP contribution is -2.16. The van der Waals surface area contributed by atoms with Crippen LogP contribution in [0.5, 0.6) is 0 Å². The minimum atomic E-state index is -4.31. The number of benzene rings is 1. The number of halogens is 4. The van der Waals surface area contributed by atoms with Crippen LogP contribution in [-0.4, -0.2) is 17.8 Å². The van der Waals surface area contributed by atoms with E-state index in [0.717, 1.165) is 20.6 Å². The predicted octanol–water partition coefficient (Wildman–Crippen LogP) is 4.96. The Kier molecular flexibility index (Phi) is 4.82. The number of hydrogen-bond donors (Lipinski definition) is 0. The van der Waals surface area contributed by atoms with Gasteiger partial charge in [-0.25, -0.2) is 4.98 Å². The standard InChI is InChI=1S/C13H11BrF3NOS/c1-8-12(9-3-2-4-10(14)5-9)18-11(20-8)6-19-7-13(15,16)17/h2-5H,6-7H2,1H3. The number of aryl methyl sites for hydroxylation is 1. The molecule has 7 heteroatoms. The van der Waals surface area contributed by atoms with Crippen molar-refractivity contribution in [2.75, 3.05) is 6.61 Å². The molecule has 0 saturated carbocycles. The van der Waals surface area contributed by atoms with E-state index in [9.17, 15) is 13.2 Å². The average Bonchev–Trinajstić information content (AvgIpc) is 2.69. The Morgan fingerprint density at radius 1 is 1.35 bits per heavy atom. The molecule has 0 aliphatic rings. The lowest BCUT2D eigenvalue weighted by molar-refractivity contribution is -0.176. The number of nitrogens with zero attached hydrogens (tertiary/aromatic N) is 1. The van der Waals surface area contributed by atoms with Gasteiger partial charge >= 0.3 is 6.18 Å². The monoisotopic (exact) mass is 365 g/mol. The number of ether oxygens (including phenoxy) is 1. The van der Waals surface area contributed by atoms with Crippen LogP contribution in [0.15, 0.2) is 28.7 Å². The van der Waals surface area contributed by atoms with E-state index in [0.29, 0.717) is 5.01 Å². The second kappa shape index (κ2) is 6.24. The summed E-state index contributed by atoms with van der Waals surface area (Å²) < 4.78 is 41.6. The Morgan fingerprint density at radius 2 is 2.10 bits per heavy atom. The van der Waals surface area contributed by atoms with Gasteiger partial charge in [0.15, 0.2) is 0 Å². The van der Waals surface area contributed by atoms with E-state index in [1.54, 1.807) is 0 Å². The summed E-state index contributed by atoms with van der Waals surface area (Å²) in [6.45, 7) is 0.512. The van der Waals surface area contributed by atoms with Crippen molar-refractivity contribution in [3.05, 3.63) is 38.6 Å². The highest BCUT2D eigenvalue weighted by atomic mass is 79.9. The van der Waals surface area contributed by atoms with Gasteiger partial charge in [0.2, 0.25) is 0 Å². The number of hydrogen-bond acceptors (Lipinski definition) is 3. The van der Waals surface area contributed by atoms with E-state index in [1.165, 1.54) is 11.3 Å². The van der Waals surface area contributed by atoms with Crippen LogP contribution in [0.2, 0.25) is 0 Å². The molecule has 1 aromatic carbocycles. The van der Waals surface area contributed by atoms with Crippen molar-refractivity contribution < 1.29 is 17.9 Å². The lowest BCUT2D eigenvalue weighted by Gasteiger charge is -2.05. The highest BCUT2D eigenvalue weighted by molar-refractivity contribution is 9.10. The third kappa shape index (κ3) is 4.29. The average molecular weight is 366 g/mol. The van der Waals surface area contributed by atoms with Gasteiger partial charge in [-0.1, -0.05) is 28.1 Å². The summed E-state index contributed by atoms with van der Waals surface area (Å²) in [5.41, 5.74) is 1.71. The quantitative estimate of drug-likeness (QED) is 0.763. The van der Waals surface area contributed by atoms with Gasteiger partial charge in [-0.2, -0.15) is 13.2 Å². The Labute approximate surface area is 126 Å². The summed E-state index contributed by atoms with van der Waals surface area (Å²) in [7, 11) is 0. The molecule has 0 radical (unpaired) electrons. The van der Waals surface area contributed by atoms with Crippen LogP contribution in [0.4, 0.5) is 13.2 Å². The van der Waals surface area contributed by atoms with Crippen molar-refractivity contribution >= 4 is 27.3 Å². The first-order chi connectivity index (χ1) is 9.35. The van der Waals surface area contributed by atoms with Crippen molar-refractivity contribution in [3.63, 3.8) is 0 Å². The Balaban J connectivity index is 2.10. The summed E-state index contributed by atoms with van der Waals surface area (Å²) in [6.07, 6.45) is -4.31. The molecule has 108 valence electrons. The smallest absolute Gasteiger partial charge is 0.365 e. The third-order valence-corrected chi connectivity index (χ3v) is 3.87. The van der Waals surface area contributed by atoms with Crippen LogP contribution >= 0.6 is 27.3 Å². The summed E-state index contributed by atoms with van der Waals surface area (Å²) in [4.78, 5) is 5.30. The minimum absolute atomic E-state index is 0.126. The van der Waals surface area contributed by atoms with Gasteiger partial charge in [0.05, 0.1) is 12.3 Å². The molecular weight excluding hydrogens is 355 g/mol. The number of alkyl halides is 3. The summed E-state index contributed by atoms with van der Waals surface area (Å²) in [5.74, 6) is 0. The van der Waals surface area contributed by atoms with E-state index < -0.39 is 12.8 Å². The second-order valence-electron chi connectivity index (χ2n) is 4.13. The first-order valence-electron chi connectivity index (χ1n) is 5.72. The van der Waals surface area contributed by atoms with Crippen molar-refractivity contribution in [1.82, 2.24) is 4.98 Å². The third-order valence-electron chi connectivity index (χ3n) is 2.43. The fourth-order valence-electron chi connectivity index (χ4n) is 1.67. The maximum Gasteiger partial charge on any atom is 0.411 e. The van der Waals surface area contributed by atoms with Gasteiger partial charge in [0.1, 0.15) is 11.6 Å². The van der Waals surface area contributed by atoms with Crippen molar-refractivity contribution in [2.45, 2.75) is 19.7 Å². The van der Waals surface area contributed by atoms with Crippen LogP contribution in [0.3, 0.4) is 0 Å². The van der Waals surface area contributed by atoms with E-state index in [4.69, 9.17) is 0 Å². The zero-order chi connectivity index (χ0) is 14.8. The molecule has 0 saturated heterocycles. The number of thiazole rings is 1. The highest BCUT2D eigenvalue weighted by Crippen LogP contribution is 2.29. The van der Waals surface area contributed by atoms with E-state index >= 15 is 0 Å². The fourth-order valence-corrected chi connectivity index (χ4v) is 2.96. The van der Waals surface area contributed by atoms with Crippen molar-refractivity contribution in [1.29, 1.82) is 0 Å². The molecule has 0 bridgehead atoms. The summed E-state index contributed by atoms with van der Waals surface area (Å²) >= 11 is 4.73. The zero-order valence-corrected chi connectivity index (χ0v) is 12.9. The molecule has 0 unspecified atom stereocenters. The van der Waals surface area contributed by atoms with E-state index in [1.807, 2.05) is 31.2 Å². The normalized spacial score (nSPS) is 11.8. The minimum Gasteiger partial charge on any atom is -0.365 e. The van der Waals surface area contributed by atoms with Gasteiger partial charge in [-0.3, -0.25) is 0 Å². The van der Waals surface area contributed by atoms with Crippen molar-refractivity contribution in [3.8, 4) is 11.3 Å². The Morgan fingerprint density at radius 3 is 2.75 bits per heavy atom. The molecule has 20 heavy (non-hydrogen) atoms. The molecular formula is C13H11BrF3NOS. The molecule has 0 atom stereocenters. The molecule has 0 N–H and O–H groups in total. The molecule has 1 aromatic heterocycles. The van der Waals surface area contributed by atoms with E-state index in [2.05, 4.69) is 25.7 Å². The number of aromatic nitrogens is 1. The summed E-state index contributed by atoms with van der Waals surface area (Å²) in [6, 6.07) is 7.62. The number of rotatable bonds is 4. The first-order valence-corrected chi connectivity index (χ1v) is 7.33. The Hall–Kier alpha value is -0.920. The summed E-state index contributed by atoms with van der Waals surface area (Å²) in [5, 5.41) is 0.543. The molecule has 2 aromatic rings. The second-order valence-corrected chi connectivity index (χ2v) is 6.33. The van der Waals surface area contributed by atoms with Gasteiger partial charge in [0.25, 0.3) is 0 Å². The van der Waals surface area contributed by atoms with Gasteiger partial charge in [-0.15, -0.1) is 11.3 Å². The SMILES string of the molecule is Cc1sc(COCC(F)(F)F)nc1-c1cccc(Br)c1. The molecule has 0 spiro atoms. The first kappa shape index (κ1) is 15.5. The van der Waals surface area contributed by atoms with Gasteiger partial charge < -0.3 is 4.74 Å². The highest BCUT2D eigenvalue weighted by Gasteiger charge is 2.27. The van der Waals surface area contributed by atoms with E-state index in [-0.39, 0.29) is 6.61 Å². The largest absolute Gasteiger partial charge is 0.411 e. The molecule has 0 fully saturated rings. The lowest BCUT2D eigenvalue weighted by atomic mass is 10.1. The van der Waals surface area contributed by atoms with Crippen LogP contribution < -0.4 is 0 Å². The van der Waals surface area contributed by atoms with Crippen LogP contribution in [0, 0.1) is 6.92 Å². The van der Waals surface area contributed by atoms with Crippen LogP contribution in [0.1, 0.15) is 9.88 Å². The van der Waals surface area contributed by atoms with Crippen molar-refractivity contribution in [2.24, 2.45) is 0 Å². The Bertz CT molecular complexity index is 598. The fraction of sp³-hybridized carbons (Fsp3) is 0.308. The topological polar surface area (TPSA) is 22.1 Å². The van der Waals surface area contributed by atoms with Crippen LogP contribution in [-0.2, 0) is 11.3 Å². The molecule has 2 nitrogen and oxygen atoms in total. The van der Waals surface area contributed by atoms with Gasteiger partial charge in [0, 0.05) is 14.9 Å². The zero-order valence-electron chi connectivity index (χ0n) is 10.5. The molecule has 1 heterocycles.